The summed E-state index contributed by atoms with van der Waals surface area (Å²) in [6.07, 6.45) is 2.55. The van der Waals surface area contributed by atoms with E-state index in [1.165, 1.54) is 12.3 Å². The number of rotatable bonds is 1. The van der Waals surface area contributed by atoms with Crippen molar-refractivity contribution in [1.29, 1.82) is 0 Å². The summed E-state index contributed by atoms with van der Waals surface area (Å²) >= 11 is 0. The summed E-state index contributed by atoms with van der Waals surface area (Å²) in [5, 5.41) is 20.0. The van der Waals surface area contributed by atoms with Crippen molar-refractivity contribution >= 4 is 0 Å². The average Bonchev–Trinajstić information content (AvgIpc) is 1.85. The molecule has 60 valence electrons. The van der Waals surface area contributed by atoms with E-state index in [4.69, 9.17) is 5.21 Å². The normalized spacial score (nSPS) is 17.5. The minimum absolute atomic E-state index is 0.0651. The smallest absolute Gasteiger partial charge is 0.271 e. The van der Waals surface area contributed by atoms with Gasteiger partial charge in [-0.05, 0) is 6.92 Å². The van der Waals surface area contributed by atoms with Crippen molar-refractivity contribution < 1.29 is 10.1 Å². The number of hydrogen-bond acceptors (Lipinski definition) is 4. The maximum Gasteiger partial charge on any atom is 0.271 e. The predicted octanol–water partition coefficient (Wildman–Crippen LogP) is 0.756. The Balaban J connectivity index is 2.88. The lowest BCUT2D eigenvalue weighted by molar-refractivity contribution is -0.421. The van der Waals surface area contributed by atoms with Gasteiger partial charge in [-0.2, -0.15) is 0 Å². The van der Waals surface area contributed by atoms with E-state index < -0.39 is 4.92 Å². The molecule has 0 saturated heterocycles. The third-order valence-corrected chi connectivity index (χ3v) is 1.44. The van der Waals surface area contributed by atoms with Gasteiger partial charge in [-0.15, -0.1) is 0 Å². The first-order valence-corrected chi connectivity index (χ1v) is 3.09. The Morgan fingerprint density at radius 2 is 2.45 bits per heavy atom. The first kappa shape index (κ1) is 7.74. The largest absolute Gasteiger partial charge is 0.289 e. The molecule has 1 heterocycles. The Kier molecular flexibility index (Phi) is 1.91. The summed E-state index contributed by atoms with van der Waals surface area (Å²) in [6.45, 7) is 1.82. The summed E-state index contributed by atoms with van der Waals surface area (Å²) in [6, 6.07) is 0. The third kappa shape index (κ3) is 1.56. The molecule has 0 aromatic carbocycles. The molecule has 0 amide bonds. The van der Waals surface area contributed by atoms with Crippen molar-refractivity contribution in [3.63, 3.8) is 0 Å². The van der Waals surface area contributed by atoms with Gasteiger partial charge in [0, 0.05) is 17.8 Å². The Hall–Kier alpha value is -1.36. The molecule has 0 radical (unpaired) electrons. The molecule has 1 aliphatic heterocycles. The number of allylic oxidation sites excluding steroid dienone is 1. The van der Waals surface area contributed by atoms with E-state index in [0.717, 1.165) is 5.06 Å². The first-order chi connectivity index (χ1) is 5.11. The summed E-state index contributed by atoms with van der Waals surface area (Å²) in [7, 11) is 0. The predicted molar refractivity (Wildman–Crippen MR) is 37.3 cm³/mol. The number of hydrogen-bond donors (Lipinski definition) is 1. The highest BCUT2D eigenvalue weighted by atomic mass is 16.6. The van der Waals surface area contributed by atoms with Crippen LogP contribution in [-0.4, -0.2) is 21.7 Å². The van der Waals surface area contributed by atoms with Gasteiger partial charge in [-0.3, -0.25) is 20.4 Å². The lowest BCUT2D eigenvalue weighted by atomic mass is 10.2. The Morgan fingerprint density at radius 1 is 1.82 bits per heavy atom. The van der Waals surface area contributed by atoms with Crippen LogP contribution in [0.1, 0.15) is 6.92 Å². The molecule has 11 heavy (non-hydrogen) atoms. The molecule has 0 aromatic heterocycles. The number of nitrogens with zero attached hydrogens (tertiary/aromatic N) is 2. The van der Waals surface area contributed by atoms with Crippen molar-refractivity contribution in [2.75, 3.05) is 6.54 Å². The van der Waals surface area contributed by atoms with Crippen LogP contribution in [0.25, 0.3) is 0 Å². The lowest BCUT2D eigenvalue weighted by Crippen LogP contribution is -2.20. The van der Waals surface area contributed by atoms with E-state index in [9.17, 15) is 10.1 Å². The minimum Gasteiger partial charge on any atom is -0.289 e. The van der Waals surface area contributed by atoms with Crippen LogP contribution < -0.4 is 0 Å². The molecule has 1 aliphatic rings. The standard InChI is InChI=1S/C6H8N2O3/c1-5-4-7(9)3-2-6(5)8(10)11/h2-3,9H,4H2,1H3. The van der Waals surface area contributed by atoms with E-state index in [1.54, 1.807) is 6.92 Å². The van der Waals surface area contributed by atoms with Crippen LogP contribution in [0.4, 0.5) is 0 Å². The van der Waals surface area contributed by atoms with Crippen molar-refractivity contribution in [3.8, 4) is 0 Å². The highest BCUT2D eigenvalue weighted by Crippen LogP contribution is 2.12. The zero-order chi connectivity index (χ0) is 8.43. The zero-order valence-corrected chi connectivity index (χ0v) is 6.02. The molecule has 5 nitrogen and oxygen atoms in total. The summed E-state index contributed by atoms with van der Waals surface area (Å²) < 4.78 is 0. The highest BCUT2D eigenvalue weighted by Gasteiger charge is 2.16. The van der Waals surface area contributed by atoms with Crippen molar-refractivity contribution in [2.45, 2.75) is 6.92 Å². The lowest BCUT2D eigenvalue weighted by Gasteiger charge is -2.15. The van der Waals surface area contributed by atoms with Gasteiger partial charge in [0.25, 0.3) is 5.70 Å². The molecular formula is C6H8N2O3. The second-order valence-electron chi connectivity index (χ2n) is 2.34. The zero-order valence-electron chi connectivity index (χ0n) is 6.02. The van der Waals surface area contributed by atoms with Gasteiger partial charge in [0.05, 0.1) is 11.5 Å². The SMILES string of the molecule is CC1=C([N+](=O)[O-])C=CN(O)C1. The fourth-order valence-corrected chi connectivity index (χ4v) is 0.892. The molecule has 5 heteroatoms. The van der Waals surface area contributed by atoms with Crippen molar-refractivity contribution in [2.24, 2.45) is 0 Å². The Labute approximate surface area is 63.3 Å². The molecule has 0 unspecified atom stereocenters. The fraction of sp³-hybridized carbons (Fsp3) is 0.333. The summed E-state index contributed by atoms with van der Waals surface area (Å²) in [5.41, 5.74) is 0.621. The molecule has 1 rings (SSSR count). The van der Waals surface area contributed by atoms with Gasteiger partial charge < -0.3 is 0 Å². The fourth-order valence-electron chi connectivity index (χ4n) is 0.892. The molecule has 1 N–H and O–H groups in total. The van der Waals surface area contributed by atoms with Gasteiger partial charge in [-0.25, -0.2) is 0 Å². The topological polar surface area (TPSA) is 66.6 Å². The van der Waals surface area contributed by atoms with E-state index in [0.29, 0.717) is 5.57 Å². The van der Waals surface area contributed by atoms with E-state index >= 15 is 0 Å². The van der Waals surface area contributed by atoms with Gasteiger partial charge in [0.15, 0.2) is 0 Å². The van der Waals surface area contributed by atoms with Crippen LogP contribution in [-0.2, 0) is 0 Å². The van der Waals surface area contributed by atoms with E-state index in [-0.39, 0.29) is 12.2 Å². The quantitative estimate of drug-likeness (QED) is 0.449. The van der Waals surface area contributed by atoms with Gasteiger partial charge in [0.1, 0.15) is 0 Å². The van der Waals surface area contributed by atoms with Crippen molar-refractivity contribution in [1.82, 2.24) is 5.06 Å². The van der Waals surface area contributed by atoms with Crippen LogP contribution in [0.15, 0.2) is 23.5 Å². The van der Waals surface area contributed by atoms with Crippen LogP contribution >= 0.6 is 0 Å². The van der Waals surface area contributed by atoms with Gasteiger partial charge >= 0.3 is 0 Å². The molecule has 0 bridgehead atoms. The maximum atomic E-state index is 10.3. The average molecular weight is 156 g/mol. The number of hydroxylamine groups is 2. The monoisotopic (exact) mass is 156 g/mol. The Bertz CT molecular complexity index is 244. The van der Waals surface area contributed by atoms with E-state index in [2.05, 4.69) is 0 Å². The van der Waals surface area contributed by atoms with Crippen LogP contribution in [0.3, 0.4) is 0 Å². The van der Waals surface area contributed by atoms with Crippen molar-refractivity contribution in [3.05, 3.63) is 33.7 Å². The molecule has 0 saturated carbocycles. The number of nitro groups is 1. The molecular weight excluding hydrogens is 148 g/mol. The molecule has 0 atom stereocenters. The second-order valence-corrected chi connectivity index (χ2v) is 2.34. The van der Waals surface area contributed by atoms with Crippen LogP contribution in [0.2, 0.25) is 0 Å². The summed E-state index contributed by atoms with van der Waals surface area (Å²) in [5.74, 6) is 0. The maximum absolute atomic E-state index is 10.3. The minimum atomic E-state index is -0.459. The van der Waals surface area contributed by atoms with Gasteiger partial charge in [-0.1, -0.05) is 0 Å². The molecule has 0 aliphatic carbocycles. The Morgan fingerprint density at radius 3 is 2.91 bits per heavy atom. The highest BCUT2D eigenvalue weighted by molar-refractivity contribution is 5.22. The van der Waals surface area contributed by atoms with E-state index in [1.807, 2.05) is 0 Å². The molecule has 0 spiro atoms. The van der Waals surface area contributed by atoms with Gasteiger partial charge in [0.2, 0.25) is 0 Å². The summed E-state index contributed by atoms with van der Waals surface area (Å²) in [4.78, 5) is 9.81. The second kappa shape index (κ2) is 2.71. The van der Waals surface area contributed by atoms with Crippen LogP contribution in [0.5, 0.6) is 0 Å². The third-order valence-electron chi connectivity index (χ3n) is 1.44. The molecule has 0 aromatic rings. The van der Waals surface area contributed by atoms with Crippen LogP contribution in [0, 0.1) is 10.1 Å². The first-order valence-electron chi connectivity index (χ1n) is 3.09. The molecule has 0 fully saturated rings.